The highest BCUT2D eigenvalue weighted by Crippen LogP contribution is 2.27. The molecule has 180 valence electrons. The number of amides is 1. The van der Waals surface area contributed by atoms with Crippen molar-refractivity contribution in [3.05, 3.63) is 90.0 Å². The summed E-state index contributed by atoms with van der Waals surface area (Å²) in [5.74, 6) is 1.53. The van der Waals surface area contributed by atoms with Gasteiger partial charge in [-0.1, -0.05) is 43.7 Å². The van der Waals surface area contributed by atoms with Crippen molar-refractivity contribution in [2.75, 3.05) is 13.2 Å². The SMILES string of the molecule is CCCCOc1ccc(-c2cc(C(=O)N[C@@H](C)c3ccc(OCC)cc3)c3ccccc3n2)cc1. The van der Waals surface area contributed by atoms with Gasteiger partial charge in [0.2, 0.25) is 0 Å². The minimum atomic E-state index is -0.159. The summed E-state index contributed by atoms with van der Waals surface area (Å²) in [6.07, 6.45) is 2.13. The maximum atomic E-state index is 13.4. The Balaban J connectivity index is 1.59. The van der Waals surface area contributed by atoms with Crippen molar-refractivity contribution in [1.29, 1.82) is 0 Å². The Kier molecular flexibility index (Phi) is 7.99. The number of para-hydroxylation sites is 1. The summed E-state index contributed by atoms with van der Waals surface area (Å²) in [6.45, 7) is 7.41. The highest BCUT2D eigenvalue weighted by molar-refractivity contribution is 6.07. The first-order chi connectivity index (χ1) is 17.1. The number of hydrogen-bond acceptors (Lipinski definition) is 4. The van der Waals surface area contributed by atoms with Crippen molar-refractivity contribution >= 4 is 16.8 Å². The topological polar surface area (TPSA) is 60.5 Å². The van der Waals surface area contributed by atoms with E-state index in [9.17, 15) is 4.79 Å². The molecule has 3 aromatic carbocycles. The zero-order valence-corrected chi connectivity index (χ0v) is 20.6. The molecule has 0 fully saturated rings. The number of carbonyl (C=O) groups is 1. The van der Waals surface area contributed by atoms with E-state index in [1.807, 2.05) is 92.7 Å². The summed E-state index contributed by atoms with van der Waals surface area (Å²) in [6, 6.07) is 25.2. The van der Waals surface area contributed by atoms with Crippen LogP contribution in [-0.2, 0) is 0 Å². The standard InChI is InChI=1S/C30H32N2O3/c1-4-6-19-35-25-17-13-23(14-18-25)29-20-27(26-9-7-8-10-28(26)32-29)30(33)31-21(3)22-11-15-24(16-12-22)34-5-2/h7-18,20-21H,4-6,19H2,1-3H3,(H,31,33)/t21-/m0/s1. The third kappa shape index (κ3) is 5.99. The fraction of sp³-hybridized carbons (Fsp3) is 0.267. The summed E-state index contributed by atoms with van der Waals surface area (Å²) in [7, 11) is 0. The lowest BCUT2D eigenvalue weighted by Crippen LogP contribution is -2.27. The van der Waals surface area contributed by atoms with E-state index in [1.54, 1.807) is 0 Å². The van der Waals surface area contributed by atoms with Crippen LogP contribution in [0.25, 0.3) is 22.2 Å². The fourth-order valence-corrected chi connectivity index (χ4v) is 3.94. The van der Waals surface area contributed by atoms with Crippen LogP contribution in [0.2, 0.25) is 0 Å². The van der Waals surface area contributed by atoms with E-state index in [4.69, 9.17) is 14.5 Å². The molecule has 0 aliphatic heterocycles. The molecule has 0 bridgehead atoms. The Morgan fingerprint density at radius 1 is 0.914 bits per heavy atom. The number of unbranched alkanes of at least 4 members (excludes halogenated alkanes) is 1. The molecule has 0 aliphatic carbocycles. The minimum absolute atomic E-state index is 0.134. The molecule has 5 nitrogen and oxygen atoms in total. The van der Waals surface area contributed by atoms with E-state index >= 15 is 0 Å². The van der Waals surface area contributed by atoms with Gasteiger partial charge in [0.05, 0.1) is 36.0 Å². The van der Waals surface area contributed by atoms with Gasteiger partial charge in [-0.05, 0) is 74.4 Å². The van der Waals surface area contributed by atoms with Crippen molar-refractivity contribution in [2.45, 2.75) is 39.7 Å². The second-order valence-corrected chi connectivity index (χ2v) is 8.50. The maximum Gasteiger partial charge on any atom is 0.252 e. The molecule has 1 heterocycles. The Morgan fingerprint density at radius 2 is 1.60 bits per heavy atom. The smallest absolute Gasteiger partial charge is 0.252 e. The van der Waals surface area contributed by atoms with Crippen LogP contribution in [0.5, 0.6) is 11.5 Å². The van der Waals surface area contributed by atoms with E-state index in [0.717, 1.165) is 52.1 Å². The van der Waals surface area contributed by atoms with Crippen LogP contribution >= 0.6 is 0 Å². The van der Waals surface area contributed by atoms with Gasteiger partial charge in [0.1, 0.15) is 11.5 Å². The summed E-state index contributed by atoms with van der Waals surface area (Å²) in [5, 5.41) is 3.97. The van der Waals surface area contributed by atoms with E-state index in [0.29, 0.717) is 18.8 Å². The molecule has 0 unspecified atom stereocenters. The number of fused-ring (bicyclic) bond motifs is 1. The van der Waals surface area contributed by atoms with Gasteiger partial charge in [-0.2, -0.15) is 0 Å². The number of ether oxygens (including phenoxy) is 2. The number of aromatic nitrogens is 1. The summed E-state index contributed by atoms with van der Waals surface area (Å²) >= 11 is 0. The van der Waals surface area contributed by atoms with Crippen LogP contribution in [0, 0.1) is 0 Å². The van der Waals surface area contributed by atoms with Crippen molar-refractivity contribution in [3.8, 4) is 22.8 Å². The van der Waals surface area contributed by atoms with Crippen LogP contribution in [0.3, 0.4) is 0 Å². The highest BCUT2D eigenvalue weighted by atomic mass is 16.5. The number of pyridine rings is 1. The Bertz CT molecular complexity index is 1270. The van der Waals surface area contributed by atoms with Gasteiger partial charge < -0.3 is 14.8 Å². The lowest BCUT2D eigenvalue weighted by Gasteiger charge is -2.16. The van der Waals surface area contributed by atoms with Crippen LogP contribution < -0.4 is 14.8 Å². The Labute approximate surface area is 207 Å². The van der Waals surface area contributed by atoms with E-state index in [-0.39, 0.29) is 11.9 Å². The van der Waals surface area contributed by atoms with E-state index < -0.39 is 0 Å². The van der Waals surface area contributed by atoms with Gasteiger partial charge in [0, 0.05) is 10.9 Å². The zero-order valence-electron chi connectivity index (χ0n) is 20.6. The molecule has 35 heavy (non-hydrogen) atoms. The molecule has 1 atom stereocenters. The van der Waals surface area contributed by atoms with Gasteiger partial charge in [0.25, 0.3) is 5.91 Å². The molecule has 1 amide bonds. The summed E-state index contributed by atoms with van der Waals surface area (Å²) in [4.78, 5) is 18.2. The lowest BCUT2D eigenvalue weighted by atomic mass is 10.0. The van der Waals surface area contributed by atoms with E-state index in [1.165, 1.54) is 0 Å². The normalized spacial score (nSPS) is 11.7. The van der Waals surface area contributed by atoms with Crippen LogP contribution in [0.15, 0.2) is 78.9 Å². The van der Waals surface area contributed by atoms with Gasteiger partial charge in [-0.25, -0.2) is 4.98 Å². The van der Waals surface area contributed by atoms with Crippen LogP contribution in [0.4, 0.5) is 0 Å². The Hall–Kier alpha value is -3.86. The van der Waals surface area contributed by atoms with Crippen molar-refractivity contribution in [3.63, 3.8) is 0 Å². The minimum Gasteiger partial charge on any atom is -0.494 e. The summed E-state index contributed by atoms with van der Waals surface area (Å²) < 4.78 is 11.3. The molecule has 1 N–H and O–H groups in total. The third-order valence-corrected chi connectivity index (χ3v) is 5.92. The maximum absolute atomic E-state index is 13.4. The third-order valence-electron chi connectivity index (χ3n) is 5.92. The number of nitrogens with one attached hydrogen (secondary N) is 1. The number of hydrogen-bond donors (Lipinski definition) is 1. The average molecular weight is 469 g/mol. The van der Waals surface area contributed by atoms with Crippen molar-refractivity contribution in [1.82, 2.24) is 10.3 Å². The first-order valence-corrected chi connectivity index (χ1v) is 12.3. The molecule has 0 radical (unpaired) electrons. The van der Waals surface area contributed by atoms with E-state index in [2.05, 4.69) is 12.2 Å². The quantitative estimate of drug-likeness (QED) is 0.255. The van der Waals surface area contributed by atoms with Crippen molar-refractivity contribution in [2.24, 2.45) is 0 Å². The molecule has 5 heteroatoms. The summed E-state index contributed by atoms with van der Waals surface area (Å²) in [5.41, 5.74) is 4.09. The first-order valence-electron chi connectivity index (χ1n) is 12.3. The number of carbonyl (C=O) groups excluding carboxylic acids is 1. The predicted octanol–water partition coefficient (Wildman–Crippen LogP) is 6.97. The van der Waals surface area contributed by atoms with Gasteiger partial charge in [0.15, 0.2) is 0 Å². The molecule has 4 rings (SSSR count). The van der Waals surface area contributed by atoms with Gasteiger partial charge in [-0.3, -0.25) is 4.79 Å². The molecule has 0 aliphatic rings. The molecule has 4 aromatic rings. The largest absolute Gasteiger partial charge is 0.494 e. The molecule has 0 saturated carbocycles. The Morgan fingerprint density at radius 3 is 2.31 bits per heavy atom. The number of rotatable bonds is 10. The predicted molar refractivity (Wildman–Crippen MR) is 141 cm³/mol. The second-order valence-electron chi connectivity index (χ2n) is 8.50. The average Bonchev–Trinajstić information content (AvgIpc) is 2.89. The molecule has 1 aromatic heterocycles. The second kappa shape index (κ2) is 11.5. The van der Waals surface area contributed by atoms with Crippen LogP contribution in [-0.4, -0.2) is 24.1 Å². The molecule has 0 spiro atoms. The highest BCUT2D eigenvalue weighted by Gasteiger charge is 2.17. The number of nitrogens with zero attached hydrogens (tertiary/aromatic N) is 1. The monoisotopic (exact) mass is 468 g/mol. The van der Waals surface area contributed by atoms with Gasteiger partial charge >= 0.3 is 0 Å². The molecular formula is C30H32N2O3. The fourth-order valence-electron chi connectivity index (χ4n) is 3.94. The van der Waals surface area contributed by atoms with Crippen molar-refractivity contribution < 1.29 is 14.3 Å². The van der Waals surface area contributed by atoms with Crippen LogP contribution in [0.1, 0.15) is 55.6 Å². The van der Waals surface area contributed by atoms with Gasteiger partial charge in [-0.15, -0.1) is 0 Å². The zero-order chi connectivity index (χ0) is 24.6. The molecule has 0 saturated heterocycles. The first kappa shape index (κ1) is 24.3. The number of benzene rings is 3. The lowest BCUT2D eigenvalue weighted by molar-refractivity contribution is 0.0941. The molecular weight excluding hydrogens is 436 g/mol.